The minimum Gasteiger partial charge on any atom is -0.494 e. The summed E-state index contributed by atoms with van der Waals surface area (Å²) < 4.78 is 45.1. The van der Waals surface area contributed by atoms with E-state index in [1.54, 1.807) is 23.5 Å². The molecule has 9 heteroatoms. The minimum atomic E-state index is -4.62. The summed E-state index contributed by atoms with van der Waals surface area (Å²) in [5, 5.41) is 3.72. The number of nitrogens with zero attached hydrogens (tertiary/aromatic N) is 2. The number of hydrogen-bond donors (Lipinski definition) is 1. The Morgan fingerprint density at radius 1 is 1.15 bits per heavy atom. The molecule has 2 heterocycles. The molecule has 0 spiro atoms. The molecule has 1 aliphatic rings. The first-order valence-corrected chi connectivity index (χ1v) is 11.8. The molecule has 1 fully saturated rings. The molecule has 0 atom stereocenters. The molecule has 33 heavy (non-hydrogen) atoms. The molecule has 1 amide bonds. The number of carbonyl (C=O) groups is 1. The maximum Gasteiger partial charge on any atom is 0.433 e. The molecule has 0 bridgehead atoms. The Labute approximate surface area is 194 Å². The van der Waals surface area contributed by atoms with Crippen molar-refractivity contribution < 1.29 is 22.7 Å². The molecule has 0 radical (unpaired) electrons. The van der Waals surface area contributed by atoms with E-state index in [1.807, 2.05) is 0 Å². The van der Waals surface area contributed by atoms with E-state index >= 15 is 0 Å². The van der Waals surface area contributed by atoms with Crippen LogP contribution in [-0.4, -0.2) is 23.0 Å². The standard InChI is InChI=1S/C24H26F3N3O2S/c1-13(2)14-7-9-15(10-8-14)23-30-18-11-19(32-3)17(12-20(18)33-23)29-22(31)16-5-4-6-21(28-16)24(25,26)27/h4-6,11-15H,7-10H2,1-3H3,(H,29,31)/t14-,15-. The van der Waals surface area contributed by atoms with E-state index in [1.165, 1.54) is 26.0 Å². The Morgan fingerprint density at radius 2 is 1.88 bits per heavy atom. The van der Waals surface area contributed by atoms with Crippen LogP contribution in [0.15, 0.2) is 30.3 Å². The number of nitrogens with one attached hydrogen (secondary N) is 1. The third-order valence-electron chi connectivity index (χ3n) is 6.31. The van der Waals surface area contributed by atoms with Crippen molar-refractivity contribution in [1.82, 2.24) is 9.97 Å². The fourth-order valence-corrected chi connectivity index (χ4v) is 5.51. The number of benzene rings is 1. The van der Waals surface area contributed by atoms with Crippen molar-refractivity contribution in [2.75, 3.05) is 12.4 Å². The summed E-state index contributed by atoms with van der Waals surface area (Å²) in [7, 11) is 1.47. The number of alkyl halides is 3. The number of fused-ring (bicyclic) bond motifs is 1. The second-order valence-electron chi connectivity index (χ2n) is 8.79. The van der Waals surface area contributed by atoms with Crippen molar-refractivity contribution in [3.8, 4) is 5.75 Å². The van der Waals surface area contributed by atoms with E-state index in [9.17, 15) is 18.0 Å². The summed E-state index contributed by atoms with van der Waals surface area (Å²) >= 11 is 1.59. The summed E-state index contributed by atoms with van der Waals surface area (Å²) in [5.41, 5.74) is -0.281. The van der Waals surface area contributed by atoms with Gasteiger partial charge in [-0.3, -0.25) is 4.79 Å². The number of methoxy groups -OCH3 is 1. The van der Waals surface area contributed by atoms with Crippen molar-refractivity contribution >= 4 is 33.1 Å². The van der Waals surface area contributed by atoms with Gasteiger partial charge in [-0.1, -0.05) is 19.9 Å². The van der Waals surface area contributed by atoms with Gasteiger partial charge >= 0.3 is 6.18 Å². The molecular weight excluding hydrogens is 451 g/mol. The highest BCUT2D eigenvalue weighted by Gasteiger charge is 2.33. The number of aromatic nitrogens is 2. The van der Waals surface area contributed by atoms with Crippen LogP contribution in [0.5, 0.6) is 5.75 Å². The zero-order valence-electron chi connectivity index (χ0n) is 18.7. The number of pyridine rings is 1. The largest absolute Gasteiger partial charge is 0.494 e. The van der Waals surface area contributed by atoms with Crippen LogP contribution in [0.3, 0.4) is 0 Å². The van der Waals surface area contributed by atoms with E-state index in [4.69, 9.17) is 9.72 Å². The predicted octanol–water partition coefficient (Wildman–Crippen LogP) is 6.90. The third-order valence-corrected chi connectivity index (χ3v) is 7.49. The van der Waals surface area contributed by atoms with Gasteiger partial charge in [-0.05, 0) is 55.7 Å². The molecule has 1 aromatic carbocycles. The Bertz CT molecular complexity index is 1150. The van der Waals surface area contributed by atoms with Crippen LogP contribution in [-0.2, 0) is 6.18 Å². The smallest absolute Gasteiger partial charge is 0.433 e. The maximum atomic E-state index is 12.9. The molecule has 2 aromatic heterocycles. The second kappa shape index (κ2) is 9.29. The first-order chi connectivity index (χ1) is 15.7. The van der Waals surface area contributed by atoms with Gasteiger partial charge in [0, 0.05) is 12.0 Å². The van der Waals surface area contributed by atoms with Crippen molar-refractivity contribution in [3.05, 3.63) is 46.7 Å². The van der Waals surface area contributed by atoms with Gasteiger partial charge in [-0.15, -0.1) is 11.3 Å². The molecule has 176 valence electrons. The molecule has 1 aliphatic carbocycles. The highest BCUT2D eigenvalue weighted by atomic mass is 32.1. The van der Waals surface area contributed by atoms with Crippen LogP contribution in [0.25, 0.3) is 10.2 Å². The first-order valence-electron chi connectivity index (χ1n) is 11.0. The quantitative estimate of drug-likeness (QED) is 0.434. The van der Waals surface area contributed by atoms with E-state index in [0.29, 0.717) is 23.3 Å². The normalized spacial score (nSPS) is 19.1. The van der Waals surface area contributed by atoms with Crippen LogP contribution in [0.2, 0.25) is 0 Å². The van der Waals surface area contributed by atoms with Gasteiger partial charge in [0.05, 0.1) is 28.0 Å². The Kier molecular flexibility index (Phi) is 6.61. The van der Waals surface area contributed by atoms with E-state index < -0.39 is 17.8 Å². The minimum absolute atomic E-state index is 0.320. The molecule has 0 saturated heterocycles. The van der Waals surface area contributed by atoms with Gasteiger partial charge in [0.2, 0.25) is 0 Å². The zero-order chi connectivity index (χ0) is 23.8. The van der Waals surface area contributed by atoms with Crippen molar-refractivity contribution in [2.45, 2.75) is 51.6 Å². The number of amides is 1. The number of ether oxygens (including phenoxy) is 1. The lowest BCUT2D eigenvalue weighted by Gasteiger charge is -2.29. The van der Waals surface area contributed by atoms with Gasteiger partial charge in [-0.2, -0.15) is 13.2 Å². The maximum absolute atomic E-state index is 12.9. The number of carbonyl (C=O) groups excluding carboxylic acids is 1. The Hall–Kier alpha value is -2.68. The van der Waals surface area contributed by atoms with Crippen molar-refractivity contribution in [1.29, 1.82) is 0 Å². The number of thiazole rings is 1. The lowest BCUT2D eigenvalue weighted by Crippen LogP contribution is -2.17. The van der Waals surface area contributed by atoms with Gasteiger partial charge < -0.3 is 10.1 Å². The molecule has 0 aliphatic heterocycles. The predicted molar refractivity (Wildman–Crippen MR) is 123 cm³/mol. The second-order valence-corrected chi connectivity index (χ2v) is 9.85. The fraction of sp³-hybridized carbons (Fsp3) is 0.458. The Balaban J connectivity index is 1.56. The first kappa shape index (κ1) is 23.5. The highest BCUT2D eigenvalue weighted by Crippen LogP contribution is 2.42. The van der Waals surface area contributed by atoms with E-state index in [2.05, 4.69) is 24.1 Å². The highest BCUT2D eigenvalue weighted by molar-refractivity contribution is 7.18. The number of hydrogen-bond acceptors (Lipinski definition) is 5. The van der Waals surface area contributed by atoms with Crippen LogP contribution < -0.4 is 10.1 Å². The molecular formula is C24H26F3N3O2S. The number of halogens is 3. The van der Waals surface area contributed by atoms with Gasteiger partial charge in [0.15, 0.2) is 0 Å². The zero-order valence-corrected chi connectivity index (χ0v) is 19.5. The molecule has 1 saturated carbocycles. The SMILES string of the molecule is COc1cc2nc([C@H]3CC[C@H](C(C)C)CC3)sc2cc1NC(=O)c1cccc(C(F)(F)F)n1. The molecule has 0 unspecified atom stereocenters. The topological polar surface area (TPSA) is 64.1 Å². The van der Waals surface area contributed by atoms with Gasteiger partial charge in [0.1, 0.15) is 17.1 Å². The van der Waals surface area contributed by atoms with Gasteiger partial charge in [0.25, 0.3) is 5.91 Å². The van der Waals surface area contributed by atoms with Crippen molar-refractivity contribution in [3.63, 3.8) is 0 Å². The molecule has 5 nitrogen and oxygen atoms in total. The number of anilines is 1. The van der Waals surface area contributed by atoms with Crippen LogP contribution >= 0.6 is 11.3 Å². The van der Waals surface area contributed by atoms with Crippen LogP contribution in [0.1, 0.15) is 66.6 Å². The lowest BCUT2D eigenvalue weighted by molar-refractivity contribution is -0.141. The monoisotopic (exact) mass is 477 g/mol. The van der Waals surface area contributed by atoms with Gasteiger partial charge in [-0.25, -0.2) is 9.97 Å². The number of rotatable bonds is 5. The Morgan fingerprint density at radius 3 is 2.52 bits per heavy atom. The molecule has 4 rings (SSSR count). The van der Waals surface area contributed by atoms with Crippen LogP contribution in [0, 0.1) is 11.8 Å². The molecule has 3 aromatic rings. The summed E-state index contributed by atoms with van der Waals surface area (Å²) in [6.07, 6.45) is 0.00914. The summed E-state index contributed by atoms with van der Waals surface area (Å²) in [6, 6.07) is 6.75. The summed E-state index contributed by atoms with van der Waals surface area (Å²) in [5.74, 6) is 1.54. The average molecular weight is 478 g/mol. The third kappa shape index (κ3) is 5.13. The van der Waals surface area contributed by atoms with E-state index in [-0.39, 0.29) is 5.69 Å². The molecule has 1 N–H and O–H groups in total. The fourth-order valence-electron chi connectivity index (χ4n) is 4.35. The average Bonchev–Trinajstić information content (AvgIpc) is 3.21. The van der Waals surface area contributed by atoms with Crippen molar-refractivity contribution in [2.24, 2.45) is 11.8 Å². The lowest BCUT2D eigenvalue weighted by atomic mass is 9.77. The van der Waals surface area contributed by atoms with Crippen LogP contribution in [0.4, 0.5) is 18.9 Å². The van der Waals surface area contributed by atoms with E-state index in [0.717, 1.165) is 46.1 Å². The summed E-state index contributed by atoms with van der Waals surface area (Å²) in [4.78, 5) is 20.9. The summed E-state index contributed by atoms with van der Waals surface area (Å²) in [6.45, 7) is 4.55.